The zero-order valence-electron chi connectivity index (χ0n) is 14.3. The largest absolute Gasteiger partial charge is 0.480 e. The first kappa shape index (κ1) is 17.2. The molecule has 1 aliphatic carbocycles. The number of aryl methyl sites for hydroxylation is 1. The molecule has 6 heteroatoms. The van der Waals surface area contributed by atoms with Crippen molar-refractivity contribution < 1.29 is 14.7 Å². The molecule has 2 aromatic rings. The number of hydrogen-bond acceptors (Lipinski definition) is 3. The zero-order chi connectivity index (χ0) is 17.9. The molecule has 3 rings (SSSR count). The van der Waals surface area contributed by atoms with Gasteiger partial charge in [0.05, 0.1) is 5.41 Å². The van der Waals surface area contributed by atoms with Crippen molar-refractivity contribution in [1.82, 2.24) is 14.9 Å². The van der Waals surface area contributed by atoms with E-state index in [0.29, 0.717) is 12.2 Å². The number of hydrogen-bond donors (Lipinski definition) is 2. The van der Waals surface area contributed by atoms with Gasteiger partial charge in [0.25, 0.3) is 0 Å². The second-order valence-corrected chi connectivity index (χ2v) is 6.82. The molecule has 1 aromatic carbocycles. The molecule has 0 bridgehead atoms. The number of aliphatic carboxylic acids is 1. The van der Waals surface area contributed by atoms with Crippen molar-refractivity contribution in [2.45, 2.75) is 38.1 Å². The predicted molar refractivity (Wildman–Crippen MR) is 92.9 cm³/mol. The van der Waals surface area contributed by atoms with E-state index in [-0.39, 0.29) is 12.3 Å². The van der Waals surface area contributed by atoms with Crippen LogP contribution in [0.5, 0.6) is 0 Å². The van der Waals surface area contributed by atoms with Crippen LogP contribution in [0.4, 0.5) is 0 Å². The van der Waals surface area contributed by atoms with Crippen molar-refractivity contribution in [3.05, 3.63) is 54.1 Å². The van der Waals surface area contributed by atoms with E-state index in [1.165, 1.54) is 0 Å². The first-order valence-corrected chi connectivity index (χ1v) is 8.54. The smallest absolute Gasteiger partial charge is 0.326 e. The number of carboxylic acids is 1. The standard InChI is InChI=1S/C19H23N3O3/c1-22-11-10-20-16(22)12-15(17(23)24)21-18(25)19(8-5-9-19)13-14-6-3-2-4-7-14/h2-4,6-7,10-11,15H,5,8-9,12-13H2,1H3,(H,21,25)(H,23,24). The SMILES string of the molecule is Cn1ccnc1CC(NC(=O)C1(Cc2ccccc2)CCC1)C(=O)O. The molecule has 132 valence electrons. The predicted octanol–water partition coefficient (Wildman–Crippen LogP) is 1.94. The molecule has 1 atom stereocenters. The maximum absolute atomic E-state index is 12.9. The molecular weight excluding hydrogens is 318 g/mol. The molecule has 0 radical (unpaired) electrons. The number of carboxylic acid groups (broad SMARTS) is 1. The molecule has 0 spiro atoms. The minimum absolute atomic E-state index is 0.163. The number of benzene rings is 1. The van der Waals surface area contributed by atoms with Gasteiger partial charge >= 0.3 is 5.97 Å². The maximum Gasteiger partial charge on any atom is 0.326 e. The lowest BCUT2D eigenvalue weighted by molar-refractivity contribution is -0.145. The summed E-state index contributed by atoms with van der Waals surface area (Å²) in [7, 11) is 1.81. The zero-order valence-corrected chi connectivity index (χ0v) is 14.3. The van der Waals surface area contributed by atoms with E-state index in [2.05, 4.69) is 10.3 Å². The number of imidazole rings is 1. The summed E-state index contributed by atoms with van der Waals surface area (Å²) in [6.07, 6.45) is 6.79. The Balaban J connectivity index is 1.71. The minimum atomic E-state index is -1.04. The minimum Gasteiger partial charge on any atom is -0.480 e. The molecule has 1 unspecified atom stereocenters. The van der Waals surface area contributed by atoms with Crippen LogP contribution in [0.25, 0.3) is 0 Å². The third kappa shape index (κ3) is 3.73. The van der Waals surface area contributed by atoms with Crippen LogP contribution in [0.3, 0.4) is 0 Å². The van der Waals surface area contributed by atoms with Gasteiger partial charge in [0, 0.05) is 25.9 Å². The van der Waals surface area contributed by atoms with Crippen molar-refractivity contribution in [2.75, 3.05) is 0 Å². The summed E-state index contributed by atoms with van der Waals surface area (Å²) >= 11 is 0. The Morgan fingerprint density at radius 3 is 2.56 bits per heavy atom. The van der Waals surface area contributed by atoms with Crippen LogP contribution >= 0.6 is 0 Å². The van der Waals surface area contributed by atoms with Crippen LogP contribution in [-0.4, -0.2) is 32.6 Å². The Labute approximate surface area is 146 Å². The van der Waals surface area contributed by atoms with E-state index in [9.17, 15) is 14.7 Å². The summed E-state index contributed by atoms with van der Waals surface area (Å²) < 4.78 is 1.77. The number of amides is 1. The van der Waals surface area contributed by atoms with Crippen molar-refractivity contribution in [3.8, 4) is 0 Å². The van der Waals surface area contributed by atoms with Crippen molar-refractivity contribution in [2.24, 2.45) is 12.5 Å². The van der Waals surface area contributed by atoms with Crippen LogP contribution in [0.2, 0.25) is 0 Å². The highest BCUT2D eigenvalue weighted by Crippen LogP contribution is 2.44. The molecule has 1 aromatic heterocycles. The summed E-state index contributed by atoms with van der Waals surface area (Å²) in [5, 5.41) is 12.3. The Hall–Kier alpha value is -2.63. The highest BCUT2D eigenvalue weighted by molar-refractivity contribution is 5.88. The average molecular weight is 341 g/mol. The molecule has 0 aliphatic heterocycles. The Morgan fingerprint density at radius 2 is 2.04 bits per heavy atom. The molecule has 1 fully saturated rings. The lowest BCUT2D eigenvalue weighted by atomic mass is 9.64. The van der Waals surface area contributed by atoms with Crippen LogP contribution in [0.1, 0.15) is 30.7 Å². The van der Waals surface area contributed by atoms with E-state index < -0.39 is 17.4 Å². The Morgan fingerprint density at radius 1 is 1.32 bits per heavy atom. The van der Waals surface area contributed by atoms with Crippen molar-refractivity contribution >= 4 is 11.9 Å². The van der Waals surface area contributed by atoms with Crippen LogP contribution in [0.15, 0.2) is 42.7 Å². The van der Waals surface area contributed by atoms with Gasteiger partial charge in [-0.3, -0.25) is 4.79 Å². The summed E-state index contributed by atoms with van der Waals surface area (Å²) in [4.78, 5) is 28.6. The first-order chi connectivity index (χ1) is 12.0. The number of nitrogens with one attached hydrogen (secondary N) is 1. The van der Waals surface area contributed by atoms with Gasteiger partial charge in [0.1, 0.15) is 11.9 Å². The van der Waals surface area contributed by atoms with Crippen LogP contribution in [-0.2, 0) is 29.5 Å². The van der Waals surface area contributed by atoms with Gasteiger partial charge in [0.2, 0.25) is 5.91 Å². The number of aromatic nitrogens is 2. The molecule has 6 nitrogen and oxygen atoms in total. The summed E-state index contributed by atoms with van der Waals surface area (Å²) in [6, 6.07) is 8.92. The van der Waals surface area contributed by atoms with Gasteiger partial charge in [-0.2, -0.15) is 0 Å². The van der Waals surface area contributed by atoms with E-state index in [1.54, 1.807) is 17.0 Å². The molecule has 1 amide bonds. The summed E-state index contributed by atoms with van der Waals surface area (Å²) in [6.45, 7) is 0. The fourth-order valence-electron chi connectivity index (χ4n) is 3.36. The lowest BCUT2D eigenvalue weighted by Crippen LogP contribution is -2.53. The fraction of sp³-hybridized carbons (Fsp3) is 0.421. The number of nitrogens with zero attached hydrogens (tertiary/aromatic N) is 2. The molecule has 25 heavy (non-hydrogen) atoms. The number of rotatable bonds is 7. The quantitative estimate of drug-likeness (QED) is 0.806. The third-order valence-corrected chi connectivity index (χ3v) is 5.09. The number of carbonyl (C=O) groups excluding carboxylic acids is 1. The highest BCUT2D eigenvalue weighted by atomic mass is 16.4. The van der Waals surface area contributed by atoms with Crippen molar-refractivity contribution in [1.29, 1.82) is 0 Å². The molecule has 1 saturated carbocycles. The van der Waals surface area contributed by atoms with Gasteiger partial charge in [-0.15, -0.1) is 0 Å². The second-order valence-electron chi connectivity index (χ2n) is 6.82. The van der Waals surface area contributed by atoms with E-state index in [1.807, 2.05) is 37.4 Å². The van der Waals surface area contributed by atoms with Gasteiger partial charge in [-0.1, -0.05) is 36.8 Å². The van der Waals surface area contributed by atoms with E-state index >= 15 is 0 Å². The monoisotopic (exact) mass is 341 g/mol. The topological polar surface area (TPSA) is 84.2 Å². The van der Waals surface area contributed by atoms with E-state index in [0.717, 1.165) is 24.8 Å². The third-order valence-electron chi connectivity index (χ3n) is 5.09. The van der Waals surface area contributed by atoms with Gasteiger partial charge in [-0.25, -0.2) is 9.78 Å². The number of carbonyl (C=O) groups is 2. The van der Waals surface area contributed by atoms with Crippen molar-refractivity contribution in [3.63, 3.8) is 0 Å². The summed E-state index contributed by atoms with van der Waals surface area (Å²) in [5.41, 5.74) is 0.616. The summed E-state index contributed by atoms with van der Waals surface area (Å²) in [5.74, 6) is -0.562. The van der Waals surface area contributed by atoms with Gasteiger partial charge in [0.15, 0.2) is 0 Å². The molecule has 1 heterocycles. The van der Waals surface area contributed by atoms with Gasteiger partial charge in [-0.05, 0) is 24.8 Å². The van der Waals surface area contributed by atoms with Crippen LogP contribution in [0, 0.1) is 5.41 Å². The molecule has 1 aliphatic rings. The van der Waals surface area contributed by atoms with Gasteiger partial charge < -0.3 is 15.0 Å². The first-order valence-electron chi connectivity index (χ1n) is 8.54. The lowest BCUT2D eigenvalue weighted by Gasteiger charge is -2.41. The maximum atomic E-state index is 12.9. The Bertz CT molecular complexity index is 750. The average Bonchev–Trinajstić information content (AvgIpc) is 2.96. The van der Waals surface area contributed by atoms with Crippen LogP contribution < -0.4 is 5.32 Å². The molecular formula is C19H23N3O3. The molecule has 2 N–H and O–H groups in total. The second kappa shape index (κ2) is 7.09. The normalized spacial score (nSPS) is 16.7. The van der Waals surface area contributed by atoms with E-state index in [4.69, 9.17) is 0 Å². The Kier molecular flexibility index (Phi) is 4.88. The highest BCUT2D eigenvalue weighted by Gasteiger charge is 2.45. The molecule has 0 saturated heterocycles. The fourth-order valence-corrected chi connectivity index (χ4v) is 3.36.